The Balaban J connectivity index is 1.89. The highest BCUT2D eigenvalue weighted by atomic mass is 16.5. The number of dihydropyridines is 1. The molecule has 0 bridgehead atoms. The third-order valence-corrected chi connectivity index (χ3v) is 5.01. The van der Waals surface area contributed by atoms with Gasteiger partial charge in [-0.2, -0.15) is 0 Å². The van der Waals surface area contributed by atoms with Crippen LogP contribution in [-0.4, -0.2) is 41.2 Å². The normalized spacial score (nSPS) is 17.4. The summed E-state index contributed by atoms with van der Waals surface area (Å²) in [4.78, 5) is 17.1. The number of methoxy groups -OCH3 is 1. The number of aliphatic imine (C=N–C) groups is 1. The van der Waals surface area contributed by atoms with Crippen molar-refractivity contribution in [3.63, 3.8) is 0 Å². The Morgan fingerprint density at radius 1 is 1.41 bits per heavy atom. The molecule has 2 N–H and O–H groups in total. The Labute approximate surface area is 159 Å². The van der Waals surface area contributed by atoms with Gasteiger partial charge in [-0.05, 0) is 45.4 Å². The third kappa shape index (κ3) is 3.76. The number of aliphatic hydroxyl groups is 1. The molecule has 1 aromatic heterocycles. The van der Waals surface area contributed by atoms with Gasteiger partial charge >= 0.3 is 0 Å². The molecule has 3 rings (SSSR count). The van der Waals surface area contributed by atoms with Crippen molar-refractivity contribution in [2.75, 3.05) is 13.7 Å². The third-order valence-electron chi connectivity index (χ3n) is 5.01. The summed E-state index contributed by atoms with van der Waals surface area (Å²) < 4.78 is 7.51. The number of hydrogen-bond acceptors (Lipinski definition) is 4. The molecule has 1 atom stereocenters. The number of nitrogens with one attached hydrogen (secondary N) is 1. The van der Waals surface area contributed by atoms with E-state index < -0.39 is 6.23 Å². The zero-order chi connectivity index (χ0) is 19.7. The molecule has 0 spiro atoms. The van der Waals surface area contributed by atoms with Gasteiger partial charge in [0.05, 0.1) is 18.2 Å². The number of rotatable bonds is 5. The Morgan fingerprint density at radius 3 is 2.78 bits per heavy atom. The number of allylic oxidation sites excluding steroid dienone is 1. The van der Waals surface area contributed by atoms with Crippen molar-refractivity contribution in [2.45, 2.75) is 46.4 Å². The highest BCUT2D eigenvalue weighted by molar-refractivity contribution is 6.07. The molecule has 2 heterocycles. The first-order chi connectivity index (χ1) is 12.8. The first-order valence-electron chi connectivity index (χ1n) is 9.18. The van der Waals surface area contributed by atoms with Crippen molar-refractivity contribution in [3.8, 4) is 5.75 Å². The number of benzene rings is 1. The second kappa shape index (κ2) is 7.56. The maximum Gasteiger partial charge on any atom is 0.252 e. The molecule has 1 unspecified atom stereocenters. The minimum absolute atomic E-state index is 0.195. The summed E-state index contributed by atoms with van der Waals surface area (Å²) >= 11 is 0. The van der Waals surface area contributed by atoms with Gasteiger partial charge in [-0.1, -0.05) is 5.57 Å². The van der Waals surface area contributed by atoms with Gasteiger partial charge in [-0.25, -0.2) is 0 Å². The van der Waals surface area contributed by atoms with E-state index >= 15 is 0 Å². The lowest BCUT2D eigenvalue weighted by atomic mass is 9.99. The first-order valence-corrected chi connectivity index (χ1v) is 9.18. The highest BCUT2D eigenvalue weighted by Gasteiger charge is 2.21. The zero-order valence-corrected chi connectivity index (χ0v) is 16.5. The number of nitrogens with zero attached hydrogens (tertiary/aromatic N) is 2. The maximum atomic E-state index is 12.9. The summed E-state index contributed by atoms with van der Waals surface area (Å²) in [6.45, 7) is 8.33. The Morgan fingerprint density at radius 2 is 2.15 bits per heavy atom. The van der Waals surface area contributed by atoms with E-state index in [1.54, 1.807) is 13.2 Å². The van der Waals surface area contributed by atoms with Crippen molar-refractivity contribution in [2.24, 2.45) is 4.99 Å². The number of carbonyl (C=O) groups is 1. The minimum Gasteiger partial charge on any atom is -0.497 e. The molecular formula is C21H27N3O3. The fraction of sp³-hybridized carbons (Fsp3) is 0.429. The molecule has 144 valence electrons. The first kappa shape index (κ1) is 19.2. The SMILES string of the molecule is COc1cc(C(=O)NCC2=C(C)CC(C)=NC2O)c2ccn(C(C)C)c2c1. The van der Waals surface area contributed by atoms with Gasteiger partial charge in [-0.3, -0.25) is 9.79 Å². The summed E-state index contributed by atoms with van der Waals surface area (Å²) in [5.41, 5.74) is 4.24. The number of amides is 1. The molecular weight excluding hydrogens is 342 g/mol. The van der Waals surface area contributed by atoms with Gasteiger partial charge in [-0.15, -0.1) is 0 Å². The number of hydrogen-bond donors (Lipinski definition) is 2. The summed E-state index contributed by atoms with van der Waals surface area (Å²) in [6, 6.07) is 5.93. The summed E-state index contributed by atoms with van der Waals surface area (Å²) in [5, 5.41) is 14.0. The average molecular weight is 369 g/mol. The van der Waals surface area contributed by atoms with Crippen LogP contribution in [0.15, 0.2) is 40.5 Å². The van der Waals surface area contributed by atoms with Crippen LogP contribution in [0.3, 0.4) is 0 Å². The predicted molar refractivity (Wildman–Crippen MR) is 108 cm³/mol. The number of aromatic nitrogens is 1. The van der Waals surface area contributed by atoms with Crippen molar-refractivity contribution in [1.82, 2.24) is 9.88 Å². The van der Waals surface area contributed by atoms with E-state index in [-0.39, 0.29) is 18.5 Å². The van der Waals surface area contributed by atoms with Crippen LogP contribution in [0.5, 0.6) is 5.75 Å². The number of aliphatic hydroxyl groups excluding tert-OH is 1. The molecule has 0 radical (unpaired) electrons. The predicted octanol–water partition coefficient (Wildman–Crippen LogP) is 3.46. The fourth-order valence-corrected chi connectivity index (χ4v) is 3.55. The van der Waals surface area contributed by atoms with Crippen LogP contribution < -0.4 is 10.1 Å². The molecule has 0 saturated heterocycles. The van der Waals surface area contributed by atoms with Gasteiger partial charge in [0.25, 0.3) is 5.91 Å². The summed E-state index contributed by atoms with van der Waals surface area (Å²) in [6.07, 6.45) is 1.83. The molecule has 6 heteroatoms. The smallest absolute Gasteiger partial charge is 0.252 e. The average Bonchev–Trinajstić information content (AvgIpc) is 3.03. The van der Waals surface area contributed by atoms with E-state index in [1.165, 1.54) is 0 Å². The fourth-order valence-electron chi connectivity index (χ4n) is 3.55. The molecule has 0 saturated carbocycles. The van der Waals surface area contributed by atoms with Crippen molar-refractivity contribution < 1.29 is 14.6 Å². The van der Waals surface area contributed by atoms with Crippen LogP contribution in [-0.2, 0) is 0 Å². The van der Waals surface area contributed by atoms with Gasteiger partial charge in [0, 0.05) is 42.4 Å². The van der Waals surface area contributed by atoms with Crippen LogP contribution in [0.4, 0.5) is 0 Å². The number of fused-ring (bicyclic) bond motifs is 1. The van der Waals surface area contributed by atoms with Crippen LogP contribution in [0, 0.1) is 0 Å². The highest BCUT2D eigenvalue weighted by Crippen LogP contribution is 2.29. The van der Waals surface area contributed by atoms with Crippen LogP contribution in [0.1, 0.15) is 50.5 Å². The van der Waals surface area contributed by atoms with E-state index in [4.69, 9.17) is 4.74 Å². The lowest BCUT2D eigenvalue weighted by molar-refractivity contribution is 0.0955. The molecule has 1 aromatic carbocycles. The maximum absolute atomic E-state index is 12.9. The van der Waals surface area contributed by atoms with Gasteiger partial charge < -0.3 is 19.7 Å². The van der Waals surface area contributed by atoms with Crippen LogP contribution >= 0.6 is 0 Å². The molecule has 27 heavy (non-hydrogen) atoms. The zero-order valence-electron chi connectivity index (χ0n) is 16.5. The van der Waals surface area contributed by atoms with E-state index in [2.05, 4.69) is 28.7 Å². The second-order valence-electron chi connectivity index (χ2n) is 7.33. The molecule has 6 nitrogen and oxygen atoms in total. The van der Waals surface area contributed by atoms with Crippen molar-refractivity contribution in [3.05, 3.63) is 41.1 Å². The molecule has 0 fully saturated rings. The van der Waals surface area contributed by atoms with Crippen LogP contribution in [0.25, 0.3) is 10.9 Å². The van der Waals surface area contributed by atoms with Gasteiger partial charge in [0.1, 0.15) is 5.75 Å². The van der Waals surface area contributed by atoms with Crippen molar-refractivity contribution >= 4 is 22.5 Å². The van der Waals surface area contributed by atoms with Gasteiger partial charge in [0.15, 0.2) is 6.23 Å². The standard InChI is InChI=1S/C21H27N3O3/c1-12(2)24-7-6-16-17(9-15(27-5)10-19(16)24)20(25)22-11-18-13(3)8-14(4)23-21(18)26/h6-7,9-10,12,21,26H,8,11H2,1-5H3,(H,22,25). The lowest BCUT2D eigenvalue weighted by Crippen LogP contribution is -2.31. The lowest BCUT2D eigenvalue weighted by Gasteiger charge is -2.21. The minimum atomic E-state index is -0.883. The number of carbonyl (C=O) groups excluding carboxylic acids is 1. The van der Waals surface area contributed by atoms with E-state index in [9.17, 15) is 9.90 Å². The molecule has 1 amide bonds. The number of ether oxygens (including phenoxy) is 1. The Hall–Kier alpha value is -2.60. The summed E-state index contributed by atoms with van der Waals surface area (Å²) in [7, 11) is 1.60. The molecule has 2 aromatic rings. The van der Waals surface area contributed by atoms with E-state index in [0.29, 0.717) is 11.3 Å². The Bertz CT molecular complexity index is 938. The van der Waals surface area contributed by atoms with Crippen molar-refractivity contribution in [1.29, 1.82) is 0 Å². The van der Waals surface area contributed by atoms with Gasteiger partial charge in [0.2, 0.25) is 0 Å². The van der Waals surface area contributed by atoms with E-state index in [1.807, 2.05) is 32.2 Å². The second-order valence-corrected chi connectivity index (χ2v) is 7.33. The largest absolute Gasteiger partial charge is 0.497 e. The summed E-state index contributed by atoms with van der Waals surface area (Å²) in [5.74, 6) is 0.445. The quantitative estimate of drug-likeness (QED) is 0.793. The Kier molecular flexibility index (Phi) is 5.37. The molecule has 0 aliphatic carbocycles. The molecule has 1 aliphatic heterocycles. The monoisotopic (exact) mass is 369 g/mol. The van der Waals surface area contributed by atoms with Crippen LogP contribution in [0.2, 0.25) is 0 Å². The van der Waals surface area contributed by atoms with E-state index in [0.717, 1.165) is 34.2 Å². The topological polar surface area (TPSA) is 75.8 Å². The molecule has 1 aliphatic rings.